The van der Waals surface area contributed by atoms with E-state index in [1.54, 1.807) is 0 Å². The number of hydrazine groups is 1. The molecule has 0 radical (unpaired) electrons. The lowest BCUT2D eigenvalue weighted by atomic mass is 10.2. The fraction of sp³-hybridized carbons (Fsp3) is 1.00. The Labute approximate surface area is 54.8 Å². The van der Waals surface area contributed by atoms with Gasteiger partial charge in [-0.15, -0.1) is 0 Å². The smallest absolute Gasteiger partial charge is 0.123 e. The summed E-state index contributed by atoms with van der Waals surface area (Å²) in [6.45, 7) is 5.26. The van der Waals surface area contributed by atoms with Gasteiger partial charge < -0.3 is 5.11 Å². The van der Waals surface area contributed by atoms with E-state index in [2.05, 4.69) is 18.9 Å². The molecule has 1 N–H and O–H groups in total. The Hall–Kier alpha value is -0.120. The first-order valence-electron chi connectivity index (χ1n) is 3.39. The van der Waals surface area contributed by atoms with E-state index < -0.39 is 0 Å². The quantitative estimate of drug-likeness (QED) is 0.464. The molecule has 2 aliphatic rings. The van der Waals surface area contributed by atoms with Gasteiger partial charge in [-0.05, 0) is 13.8 Å². The van der Waals surface area contributed by atoms with Gasteiger partial charge in [-0.2, -0.15) is 5.01 Å². The molecule has 0 spiro atoms. The molecule has 0 aliphatic carbocycles. The van der Waals surface area contributed by atoms with E-state index in [1.165, 1.54) is 0 Å². The van der Waals surface area contributed by atoms with Gasteiger partial charge in [0.2, 0.25) is 0 Å². The van der Waals surface area contributed by atoms with Gasteiger partial charge in [0.25, 0.3) is 0 Å². The number of fused-ring (bicyclic) bond motifs is 1. The predicted molar refractivity (Wildman–Crippen MR) is 33.2 cm³/mol. The maximum atomic E-state index is 9.26. The van der Waals surface area contributed by atoms with Crippen LogP contribution in [-0.4, -0.2) is 33.6 Å². The molecule has 3 unspecified atom stereocenters. The van der Waals surface area contributed by atoms with Crippen molar-refractivity contribution >= 4 is 0 Å². The molecule has 9 heavy (non-hydrogen) atoms. The lowest BCUT2D eigenvalue weighted by Crippen LogP contribution is -2.23. The summed E-state index contributed by atoms with van der Waals surface area (Å²) in [6, 6.07) is 0. The summed E-state index contributed by atoms with van der Waals surface area (Å²) in [7, 11) is 0. The van der Waals surface area contributed by atoms with Crippen LogP contribution in [0.2, 0.25) is 0 Å². The van der Waals surface area contributed by atoms with Crippen LogP contribution in [-0.2, 0) is 0 Å². The molecule has 2 fully saturated rings. The SMILES string of the molecule is CC1(C)N2CCC(O)N21. The zero-order chi connectivity index (χ0) is 6.65. The van der Waals surface area contributed by atoms with E-state index in [0.29, 0.717) is 0 Å². The molecule has 3 atom stereocenters. The van der Waals surface area contributed by atoms with Crippen molar-refractivity contribution in [3.63, 3.8) is 0 Å². The maximum absolute atomic E-state index is 9.26. The fourth-order valence-corrected chi connectivity index (χ4v) is 1.72. The van der Waals surface area contributed by atoms with E-state index in [9.17, 15) is 5.11 Å². The Balaban J connectivity index is 2.14. The summed E-state index contributed by atoms with van der Waals surface area (Å²) in [5.74, 6) is 0. The summed E-state index contributed by atoms with van der Waals surface area (Å²) in [5.41, 5.74) is 0.150. The Bertz CT molecular complexity index is 146. The van der Waals surface area contributed by atoms with Gasteiger partial charge in [0.15, 0.2) is 0 Å². The second-order valence-corrected chi connectivity index (χ2v) is 3.23. The highest BCUT2D eigenvalue weighted by molar-refractivity contribution is 4.99. The predicted octanol–water partition coefficient (Wildman–Crippen LogP) is -0.0228. The average Bonchev–Trinajstić information content (AvgIpc) is 2.19. The van der Waals surface area contributed by atoms with Crippen LogP contribution in [0.25, 0.3) is 0 Å². The maximum Gasteiger partial charge on any atom is 0.123 e. The molecule has 0 saturated carbocycles. The number of aliphatic hydroxyl groups excluding tert-OH is 1. The second kappa shape index (κ2) is 1.31. The van der Waals surface area contributed by atoms with Crippen molar-refractivity contribution in [2.75, 3.05) is 6.54 Å². The van der Waals surface area contributed by atoms with Crippen LogP contribution in [0.3, 0.4) is 0 Å². The highest BCUT2D eigenvalue weighted by atomic mass is 16.3. The van der Waals surface area contributed by atoms with E-state index in [0.717, 1.165) is 13.0 Å². The first-order valence-corrected chi connectivity index (χ1v) is 3.39. The Morgan fingerprint density at radius 1 is 1.56 bits per heavy atom. The van der Waals surface area contributed by atoms with Gasteiger partial charge in [0.05, 0.1) is 5.66 Å². The minimum absolute atomic E-state index is 0.150. The lowest BCUT2D eigenvalue weighted by molar-refractivity contribution is 0.0644. The molecule has 2 saturated heterocycles. The Morgan fingerprint density at radius 3 is 2.44 bits per heavy atom. The van der Waals surface area contributed by atoms with E-state index >= 15 is 0 Å². The minimum atomic E-state index is -0.208. The van der Waals surface area contributed by atoms with Crippen LogP contribution in [0.5, 0.6) is 0 Å². The van der Waals surface area contributed by atoms with Gasteiger partial charge >= 0.3 is 0 Å². The third-order valence-corrected chi connectivity index (χ3v) is 2.29. The summed E-state index contributed by atoms with van der Waals surface area (Å²) in [6.07, 6.45) is 0.698. The van der Waals surface area contributed by atoms with Crippen LogP contribution in [0.15, 0.2) is 0 Å². The molecule has 2 rings (SSSR count). The van der Waals surface area contributed by atoms with Crippen molar-refractivity contribution in [2.45, 2.75) is 32.2 Å². The molecule has 0 aromatic rings. The number of hydrogen-bond acceptors (Lipinski definition) is 3. The standard InChI is InChI=1S/C6H12N2O/c1-6(2)7-4-3-5(9)8(6)7/h5,9H,3-4H2,1-2H3. The normalized spacial score (nSPS) is 53.0. The molecular formula is C6H12N2O. The highest BCUT2D eigenvalue weighted by Gasteiger charge is 2.60. The summed E-state index contributed by atoms with van der Waals surface area (Å²) < 4.78 is 0. The first kappa shape index (κ1) is 5.65. The molecule has 2 aliphatic heterocycles. The van der Waals surface area contributed by atoms with E-state index in [1.807, 2.05) is 5.01 Å². The molecular weight excluding hydrogens is 116 g/mol. The van der Waals surface area contributed by atoms with Crippen LogP contribution in [0.4, 0.5) is 0 Å². The van der Waals surface area contributed by atoms with Crippen LogP contribution in [0.1, 0.15) is 20.3 Å². The second-order valence-electron chi connectivity index (χ2n) is 3.23. The molecule has 0 aromatic heterocycles. The average molecular weight is 128 g/mol. The lowest BCUT2D eigenvalue weighted by Gasteiger charge is -2.08. The number of hydrogen-bond donors (Lipinski definition) is 1. The van der Waals surface area contributed by atoms with Gasteiger partial charge in [-0.25, -0.2) is 5.01 Å². The van der Waals surface area contributed by atoms with E-state index in [4.69, 9.17) is 0 Å². The first-order chi connectivity index (χ1) is 4.14. The zero-order valence-electron chi connectivity index (χ0n) is 5.83. The van der Waals surface area contributed by atoms with Gasteiger partial charge in [-0.3, -0.25) is 0 Å². The van der Waals surface area contributed by atoms with Crippen molar-refractivity contribution in [2.24, 2.45) is 0 Å². The third-order valence-electron chi connectivity index (χ3n) is 2.29. The summed E-state index contributed by atoms with van der Waals surface area (Å²) >= 11 is 0. The van der Waals surface area contributed by atoms with Crippen LogP contribution < -0.4 is 0 Å². The molecule has 0 bridgehead atoms. The monoisotopic (exact) mass is 128 g/mol. The van der Waals surface area contributed by atoms with Crippen molar-refractivity contribution < 1.29 is 5.11 Å². The largest absolute Gasteiger partial charge is 0.377 e. The van der Waals surface area contributed by atoms with Gasteiger partial charge in [0.1, 0.15) is 6.23 Å². The van der Waals surface area contributed by atoms with Crippen LogP contribution in [0, 0.1) is 0 Å². The molecule has 3 heteroatoms. The Kier molecular flexibility index (Phi) is 0.822. The third kappa shape index (κ3) is 0.520. The van der Waals surface area contributed by atoms with Crippen LogP contribution >= 0.6 is 0 Å². The van der Waals surface area contributed by atoms with Gasteiger partial charge in [-0.1, -0.05) is 0 Å². The fourth-order valence-electron chi connectivity index (χ4n) is 1.72. The van der Waals surface area contributed by atoms with Crippen molar-refractivity contribution in [1.29, 1.82) is 0 Å². The topological polar surface area (TPSA) is 26.2 Å². The molecule has 3 nitrogen and oxygen atoms in total. The van der Waals surface area contributed by atoms with Crippen molar-refractivity contribution in [1.82, 2.24) is 10.0 Å². The minimum Gasteiger partial charge on any atom is -0.377 e. The summed E-state index contributed by atoms with van der Waals surface area (Å²) in [4.78, 5) is 0. The summed E-state index contributed by atoms with van der Waals surface area (Å²) in [5, 5.41) is 13.5. The molecule has 2 heterocycles. The molecule has 0 aromatic carbocycles. The number of nitrogens with zero attached hydrogens (tertiary/aromatic N) is 2. The highest BCUT2D eigenvalue weighted by Crippen LogP contribution is 2.45. The van der Waals surface area contributed by atoms with Gasteiger partial charge in [0, 0.05) is 13.0 Å². The number of aliphatic hydroxyl groups is 1. The molecule has 0 amide bonds. The number of rotatable bonds is 0. The van der Waals surface area contributed by atoms with E-state index in [-0.39, 0.29) is 11.9 Å². The molecule has 52 valence electrons. The Morgan fingerprint density at radius 2 is 2.22 bits per heavy atom. The van der Waals surface area contributed by atoms with Crippen molar-refractivity contribution in [3.8, 4) is 0 Å². The van der Waals surface area contributed by atoms with Crippen molar-refractivity contribution in [3.05, 3.63) is 0 Å². The zero-order valence-corrected chi connectivity index (χ0v) is 5.83.